The summed E-state index contributed by atoms with van der Waals surface area (Å²) in [7, 11) is 0. The quantitative estimate of drug-likeness (QED) is 0.694. The van der Waals surface area contributed by atoms with Crippen molar-refractivity contribution in [2.75, 3.05) is 32.7 Å². The Morgan fingerprint density at radius 3 is 1.93 bits per heavy atom. The van der Waals surface area contributed by atoms with Crippen molar-refractivity contribution in [3.8, 4) is 0 Å². The second kappa shape index (κ2) is 7.24. The van der Waals surface area contributed by atoms with Gasteiger partial charge < -0.3 is 9.80 Å². The van der Waals surface area contributed by atoms with Crippen LogP contribution in [0.15, 0.2) is 0 Å². The van der Waals surface area contributed by atoms with Gasteiger partial charge in [-0.1, -0.05) is 20.8 Å². The van der Waals surface area contributed by atoms with Gasteiger partial charge in [-0.2, -0.15) is 0 Å². The monoisotopic (exact) mass is 212 g/mol. The molecule has 0 N–H and O–H groups in total. The summed E-state index contributed by atoms with van der Waals surface area (Å²) in [6, 6.07) is 0.922. The molecule has 90 valence electrons. The summed E-state index contributed by atoms with van der Waals surface area (Å²) in [5.74, 6) is 0. The van der Waals surface area contributed by atoms with Crippen molar-refractivity contribution in [2.45, 2.75) is 52.5 Å². The van der Waals surface area contributed by atoms with Gasteiger partial charge in [0.1, 0.15) is 0 Å². The summed E-state index contributed by atoms with van der Waals surface area (Å²) >= 11 is 0. The van der Waals surface area contributed by atoms with Crippen molar-refractivity contribution < 1.29 is 0 Å². The van der Waals surface area contributed by atoms with E-state index < -0.39 is 0 Å². The molecule has 15 heavy (non-hydrogen) atoms. The lowest BCUT2D eigenvalue weighted by atomic mass is 10.0. The van der Waals surface area contributed by atoms with Gasteiger partial charge in [0.25, 0.3) is 0 Å². The smallest absolute Gasteiger partial charge is 0.0120 e. The molecule has 2 rings (SSSR count). The topological polar surface area (TPSA) is 6.48 Å². The molecule has 0 spiro atoms. The zero-order valence-corrected chi connectivity index (χ0v) is 10.8. The van der Waals surface area contributed by atoms with Crippen LogP contribution in [-0.4, -0.2) is 48.6 Å². The van der Waals surface area contributed by atoms with E-state index in [2.05, 4.69) is 16.7 Å². The molecule has 0 aromatic carbocycles. The number of nitrogens with zero attached hydrogens (tertiary/aromatic N) is 2. The van der Waals surface area contributed by atoms with Gasteiger partial charge in [0.2, 0.25) is 0 Å². The maximum absolute atomic E-state index is 2.72. The first kappa shape index (κ1) is 13.0. The van der Waals surface area contributed by atoms with Crippen LogP contribution in [0.2, 0.25) is 0 Å². The van der Waals surface area contributed by atoms with Crippen LogP contribution in [0.1, 0.15) is 46.5 Å². The predicted octanol–water partition coefficient (Wildman–Crippen LogP) is 2.59. The zero-order valence-electron chi connectivity index (χ0n) is 10.8. The van der Waals surface area contributed by atoms with E-state index >= 15 is 0 Å². The largest absolute Gasteiger partial charge is 0.303 e. The van der Waals surface area contributed by atoms with E-state index in [1.54, 1.807) is 0 Å². The summed E-state index contributed by atoms with van der Waals surface area (Å²) < 4.78 is 0. The van der Waals surface area contributed by atoms with Gasteiger partial charge in [-0.3, -0.25) is 0 Å². The third-order valence-corrected chi connectivity index (χ3v) is 3.66. The van der Waals surface area contributed by atoms with E-state index in [0.29, 0.717) is 0 Å². The molecule has 0 aromatic rings. The lowest BCUT2D eigenvalue weighted by molar-refractivity contribution is 0.131. The van der Waals surface area contributed by atoms with Crippen molar-refractivity contribution in [2.24, 2.45) is 0 Å². The molecular weight excluding hydrogens is 184 g/mol. The van der Waals surface area contributed by atoms with Crippen molar-refractivity contribution in [1.29, 1.82) is 0 Å². The fourth-order valence-corrected chi connectivity index (χ4v) is 2.71. The molecular formula is C13H28N2. The summed E-state index contributed by atoms with van der Waals surface area (Å²) in [5, 5.41) is 0. The summed E-state index contributed by atoms with van der Waals surface area (Å²) in [5.41, 5.74) is 0. The van der Waals surface area contributed by atoms with E-state index in [1.165, 1.54) is 58.4 Å². The summed E-state index contributed by atoms with van der Waals surface area (Å²) in [6.45, 7) is 12.9. The van der Waals surface area contributed by atoms with Crippen LogP contribution in [0.4, 0.5) is 0 Å². The lowest BCUT2D eigenvalue weighted by Crippen LogP contribution is -2.43. The van der Waals surface area contributed by atoms with Gasteiger partial charge in [-0.05, 0) is 58.4 Å². The third-order valence-electron chi connectivity index (χ3n) is 3.66. The molecule has 0 radical (unpaired) electrons. The number of piperidine rings is 1. The Hall–Kier alpha value is -0.0800. The molecule has 0 aromatic heterocycles. The average molecular weight is 212 g/mol. The Morgan fingerprint density at radius 1 is 0.933 bits per heavy atom. The maximum atomic E-state index is 2.72. The Balaban J connectivity index is 0.000000531. The molecule has 0 amide bonds. The number of likely N-dealkylation sites (tertiary alicyclic amines) is 2. The van der Waals surface area contributed by atoms with Crippen molar-refractivity contribution in [1.82, 2.24) is 9.80 Å². The van der Waals surface area contributed by atoms with Gasteiger partial charge in [-0.15, -0.1) is 0 Å². The van der Waals surface area contributed by atoms with Gasteiger partial charge in [-0.25, -0.2) is 0 Å². The molecule has 2 aliphatic heterocycles. The highest BCUT2D eigenvalue weighted by Crippen LogP contribution is 2.20. The van der Waals surface area contributed by atoms with Crippen LogP contribution in [0.5, 0.6) is 0 Å². The Morgan fingerprint density at radius 2 is 1.47 bits per heavy atom. The molecule has 2 aliphatic rings. The van der Waals surface area contributed by atoms with Crippen LogP contribution < -0.4 is 0 Å². The Labute approximate surface area is 95.6 Å². The van der Waals surface area contributed by atoms with Crippen LogP contribution in [0.25, 0.3) is 0 Å². The maximum Gasteiger partial charge on any atom is 0.0120 e. The van der Waals surface area contributed by atoms with E-state index in [0.717, 1.165) is 6.04 Å². The molecule has 2 heterocycles. The average Bonchev–Trinajstić information content (AvgIpc) is 2.85. The molecule has 0 bridgehead atoms. The molecule has 2 fully saturated rings. The minimum atomic E-state index is 0.922. The summed E-state index contributed by atoms with van der Waals surface area (Å²) in [6.07, 6.45) is 5.70. The van der Waals surface area contributed by atoms with Crippen LogP contribution in [-0.2, 0) is 0 Å². The molecule has 2 saturated heterocycles. The minimum absolute atomic E-state index is 0.922. The van der Waals surface area contributed by atoms with E-state index in [-0.39, 0.29) is 0 Å². The number of hydrogen-bond acceptors (Lipinski definition) is 2. The predicted molar refractivity (Wildman–Crippen MR) is 67.3 cm³/mol. The van der Waals surface area contributed by atoms with Crippen molar-refractivity contribution in [3.63, 3.8) is 0 Å². The van der Waals surface area contributed by atoms with Crippen molar-refractivity contribution in [3.05, 3.63) is 0 Å². The standard InChI is InChI=1S/C11H22N2.C2H6/c1-2-12-9-5-11(6-10-12)13-7-3-4-8-13;1-2/h11H,2-10H2,1H3;1-2H3. The highest BCUT2D eigenvalue weighted by atomic mass is 15.2. The summed E-state index contributed by atoms with van der Waals surface area (Å²) in [4.78, 5) is 5.29. The highest BCUT2D eigenvalue weighted by molar-refractivity contribution is 4.81. The first-order valence-electron chi connectivity index (χ1n) is 6.86. The van der Waals surface area contributed by atoms with Crippen LogP contribution >= 0.6 is 0 Å². The normalized spacial score (nSPS) is 25.0. The molecule has 2 heteroatoms. The van der Waals surface area contributed by atoms with Gasteiger partial charge >= 0.3 is 0 Å². The third kappa shape index (κ3) is 3.76. The SMILES string of the molecule is CC.CCN1CCC(N2CCCC2)CC1. The molecule has 0 atom stereocenters. The van der Waals surface area contributed by atoms with E-state index in [1.807, 2.05) is 13.8 Å². The molecule has 0 saturated carbocycles. The number of hydrogen-bond donors (Lipinski definition) is 0. The van der Waals surface area contributed by atoms with Crippen LogP contribution in [0.3, 0.4) is 0 Å². The fraction of sp³-hybridized carbons (Fsp3) is 1.00. The van der Waals surface area contributed by atoms with Crippen LogP contribution in [0, 0.1) is 0 Å². The highest BCUT2D eigenvalue weighted by Gasteiger charge is 2.25. The van der Waals surface area contributed by atoms with E-state index in [4.69, 9.17) is 0 Å². The molecule has 0 unspecified atom stereocenters. The van der Waals surface area contributed by atoms with Crippen molar-refractivity contribution >= 4 is 0 Å². The molecule has 2 nitrogen and oxygen atoms in total. The second-order valence-electron chi connectivity index (χ2n) is 4.41. The second-order valence-corrected chi connectivity index (χ2v) is 4.41. The zero-order chi connectivity index (χ0) is 11.1. The Bertz CT molecular complexity index is 145. The van der Waals surface area contributed by atoms with Gasteiger partial charge in [0, 0.05) is 6.04 Å². The van der Waals surface area contributed by atoms with Gasteiger partial charge in [0.05, 0.1) is 0 Å². The Kier molecular flexibility index (Phi) is 6.26. The first-order valence-corrected chi connectivity index (χ1v) is 6.86. The molecule has 0 aliphatic carbocycles. The fourth-order valence-electron chi connectivity index (χ4n) is 2.71. The van der Waals surface area contributed by atoms with E-state index in [9.17, 15) is 0 Å². The minimum Gasteiger partial charge on any atom is -0.303 e. The van der Waals surface area contributed by atoms with Gasteiger partial charge in [0.15, 0.2) is 0 Å². The number of rotatable bonds is 2. The first-order chi connectivity index (χ1) is 7.40. The lowest BCUT2D eigenvalue weighted by Gasteiger charge is -2.36.